The fraction of sp³-hybridized carbons (Fsp3) is 0.511. The lowest BCUT2D eigenvalue weighted by atomic mass is 9.89. The number of aliphatic hydroxyl groups is 4. The summed E-state index contributed by atoms with van der Waals surface area (Å²) in [6, 6.07) is 32.1. The molecule has 2 aliphatic rings. The number of likely N-dealkylation sites (N-methyl/N-ethyl adjacent to an activating group) is 1. The van der Waals surface area contributed by atoms with Crippen molar-refractivity contribution >= 4 is 118 Å². The van der Waals surface area contributed by atoms with Crippen molar-refractivity contribution in [3.05, 3.63) is 132 Å². The van der Waals surface area contributed by atoms with Gasteiger partial charge < -0.3 is 107 Å². The number of benzene rings is 5. The predicted octanol–water partition coefficient (Wildman–Crippen LogP) is 9.88. The first-order valence-corrected chi connectivity index (χ1v) is 40.8. The van der Waals surface area contributed by atoms with Gasteiger partial charge in [0.15, 0.2) is 17.4 Å². The number of carbonyl (C=O) groups is 4. The molecule has 2 aliphatic heterocycles. The maximum atomic E-state index is 14.2. The molecular weight excluding hydrogens is 1560 g/mol. The lowest BCUT2D eigenvalue weighted by Crippen LogP contribution is -2.46. The number of imidazole rings is 3. The van der Waals surface area contributed by atoms with E-state index in [2.05, 4.69) is 45.6 Å². The number of carbonyl (C=O) groups excluding carboxylic acids is 4. The quantitative estimate of drug-likeness (QED) is 0.0138. The van der Waals surface area contributed by atoms with Crippen LogP contribution in [0, 0.1) is 12.3 Å². The summed E-state index contributed by atoms with van der Waals surface area (Å²) >= 11 is 0. The summed E-state index contributed by atoms with van der Waals surface area (Å²) in [6.45, 7) is 23.5. The van der Waals surface area contributed by atoms with Crippen molar-refractivity contribution < 1.29 is 91.7 Å². The molecule has 7 N–H and O–H groups in total. The first-order chi connectivity index (χ1) is 57.8. The molecule has 0 saturated carbocycles. The van der Waals surface area contributed by atoms with Crippen molar-refractivity contribution in [3.63, 3.8) is 0 Å². The van der Waals surface area contributed by atoms with Crippen LogP contribution in [-0.4, -0.2) is 247 Å². The van der Waals surface area contributed by atoms with E-state index in [9.17, 15) is 39.6 Å². The van der Waals surface area contributed by atoms with E-state index < -0.39 is 78.4 Å². The van der Waals surface area contributed by atoms with Gasteiger partial charge in [-0.3, -0.25) is 29.2 Å². The van der Waals surface area contributed by atoms with E-state index >= 15 is 0 Å². The highest BCUT2D eigenvalue weighted by atomic mass is 16.7. The number of aryl methyl sites for hydroxylation is 1. The van der Waals surface area contributed by atoms with Gasteiger partial charge in [0.05, 0.1) is 124 Å². The van der Waals surface area contributed by atoms with Crippen molar-refractivity contribution in [2.75, 3.05) is 130 Å². The molecule has 12 rings (SSSR count). The van der Waals surface area contributed by atoms with E-state index in [1.165, 1.54) is 12.4 Å². The Labute approximate surface area is 703 Å². The number of fused-ring (bicyclic) bond motifs is 12. The van der Waals surface area contributed by atoms with Gasteiger partial charge in [0.2, 0.25) is 5.91 Å². The number of hydrogen-bond donors (Lipinski definition) is 7. The predicted molar refractivity (Wildman–Crippen MR) is 458 cm³/mol. The number of nitrogens with zero attached hydrogens (tertiary/aromatic N) is 11. The zero-order valence-electron chi connectivity index (χ0n) is 71.8. The summed E-state index contributed by atoms with van der Waals surface area (Å²) in [5.41, 5.74) is 2.97. The molecule has 10 aromatic rings. The Hall–Kier alpha value is -9.79. The third kappa shape index (κ3) is 24.4. The minimum atomic E-state index is -1.33. The Kier molecular flexibility index (Phi) is 31.4. The van der Waals surface area contributed by atoms with Crippen LogP contribution < -0.4 is 16.0 Å². The number of amides is 3. The van der Waals surface area contributed by atoms with Gasteiger partial charge in [-0.1, -0.05) is 78.9 Å². The van der Waals surface area contributed by atoms with E-state index in [0.29, 0.717) is 102 Å². The molecule has 33 heteroatoms. The summed E-state index contributed by atoms with van der Waals surface area (Å²) in [5.74, 6) is 0.955. The second-order valence-corrected chi connectivity index (χ2v) is 32.7. The Morgan fingerprint density at radius 1 is 0.455 bits per heavy atom. The fourth-order valence-electron chi connectivity index (χ4n) is 14.7. The van der Waals surface area contributed by atoms with E-state index in [4.69, 9.17) is 87.0 Å². The lowest BCUT2D eigenvalue weighted by Gasteiger charge is -2.37. The summed E-state index contributed by atoms with van der Waals surface area (Å²) in [7, 11) is 1.47. The number of pyridine rings is 2. The summed E-state index contributed by atoms with van der Waals surface area (Å²) in [4.78, 5) is 90.2. The summed E-state index contributed by atoms with van der Waals surface area (Å²) < 4.78 is 70.6. The van der Waals surface area contributed by atoms with E-state index in [1.807, 2.05) is 141 Å². The van der Waals surface area contributed by atoms with Gasteiger partial charge in [-0.15, -0.1) is 0 Å². The Morgan fingerprint density at radius 2 is 0.868 bits per heavy atom. The van der Waals surface area contributed by atoms with Crippen LogP contribution in [0.1, 0.15) is 124 Å². The van der Waals surface area contributed by atoms with Crippen LogP contribution in [0.25, 0.3) is 65.7 Å². The molecular formula is C88H116N14O19. The molecule has 5 aromatic carbocycles. The van der Waals surface area contributed by atoms with Gasteiger partial charge in [-0.2, -0.15) is 0 Å². The monoisotopic (exact) mass is 1670 g/mol. The molecule has 3 amide bonds. The third-order valence-electron chi connectivity index (χ3n) is 19.7. The number of para-hydroxylation sites is 3. The maximum absolute atomic E-state index is 14.2. The van der Waals surface area contributed by atoms with Crippen LogP contribution in [0.2, 0.25) is 0 Å². The third-order valence-corrected chi connectivity index (χ3v) is 19.7. The van der Waals surface area contributed by atoms with Gasteiger partial charge in [0.1, 0.15) is 114 Å². The molecule has 0 spiro atoms. The largest absolute Gasteiger partial charge is 0.389 e. The lowest BCUT2D eigenvalue weighted by molar-refractivity contribution is -0.175. The SMILES string of the molecule is CCOCC1=NC2C(CC(=O)COCOCC(COCOCC(=O)NC)(COCOCC(=O)Nc3nc4ccccc4c4c3nc(COCC)n4CC(C)(C)O)COCC(=O)Nc3nc4ccccc4c4c3nc(COCC)n4CC(C)(C)O)=Nc3ccccc3C2N1CC(C)(C)O.CCOCc1nc2c(C)cc3ccccc3c2n1CC(C)(C)O. The molecule has 5 aromatic heterocycles. The van der Waals surface area contributed by atoms with Crippen molar-refractivity contribution in [2.45, 2.75) is 170 Å². The topological polar surface area (TPSA) is 394 Å². The van der Waals surface area contributed by atoms with Crippen molar-refractivity contribution in [1.29, 1.82) is 0 Å². The van der Waals surface area contributed by atoms with Gasteiger partial charge in [0.25, 0.3) is 11.8 Å². The Bertz CT molecular complexity index is 5310. The average molecular weight is 1670 g/mol. The number of ketones is 1. The minimum absolute atomic E-state index is 0.101. The van der Waals surface area contributed by atoms with Crippen LogP contribution in [-0.2, 0) is 111 Å². The smallest absolute Gasteiger partial charge is 0.251 e. The van der Waals surface area contributed by atoms with Crippen LogP contribution in [0.5, 0.6) is 0 Å². The van der Waals surface area contributed by atoms with Gasteiger partial charge in [0, 0.05) is 68.2 Å². The number of amidine groups is 1. The van der Waals surface area contributed by atoms with Crippen LogP contribution >= 0.6 is 0 Å². The van der Waals surface area contributed by atoms with Gasteiger partial charge >= 0.3 is 0 Å². The molecule has 0 bridgehead atoms. The second kappa shape index (κ2) is 41.4. The number of aromatic nitrogens is 8. The Morgan fingerprint density at radius 3 is 1.36 bits per heavy atom. The number of nitrogens with one attached hydrogen (secondary N) is 3. The molecule has 0 radical (unpaired) electrons. The molecule has 33 nitrogen and oxygen atoms in total. The number of anilines is 2. The fourth-order valence-corrected chi connectivity index (χ4v) is 14.7. The molecule has 0 saturated heterocycles. The highest BCUT2D eigenvalue weighted by Crippen LogP contribution is 2.44. The molecule has 0 fully saturated rings. The first kappa shape index (κ1) is 91.9. The number of ether oxygens (including phenoxy) is 11. The van der Waals surface area contributed by atoms with Crippen LogP contribution in [0.15, 0.2) is 113 Å². The molecule has 121 heavy (non-hydrogen) atoms. The van der Waals surface area contributed by atoms with E-state index in [0.717, 1.165) is 44.1 Å². The molecule has 652 valence electrons. The Balaban J connectivity index is 0.000000531. The number of Topliss-reactive ketones (excluding diaryl/α,β-unsaturated/α-hetero) is 1. The number of aliphatic imine (C=N–C) groups is 2. The summed E-state index contributed by atoms with van der Waals surface area (Å²) in [6.07, 6.45) is -0.101. The van der Waals surface area contributed by atoms with Crippen LogP contribution in [0.3, 0.4) is 0 Å². The highest BCUT2D eigenvalue weighted by molar-refractivity contribution is 6.12. The van der Waals surface area contributed by atoms with Crippen molar-refractivity contribution in [3.8, 4) is 0 Å². The maximum Gasteiger partial charge on any atom is 0.251 e. The number of hydrogen-bond acceptors (Lipinski definition) is 27. The highest BCUT2D eigenvalue weighted by Gasteiger charge is 2.45. The summed E-state index contributed by atoms with van der Waals surface area (Å²) in [5, 5.41) is 55.5. The van der Waals surface area contributed by atoms with Crippen molar-refractivity contribution in [1.82, 2.24) is 48.8 Å². The first-order valence-electron chi connectivity index (χ1n) is 40.8. The minimum Gasteiger partial charge on any atom is -0.389 e. The number of rotatable bonds is 46. The normalized spacial score (nSPS) is 15.0. The van der Waals surface area contributed by atoms with Crippen molar-refractivity contribution in [2.24, 2.45) is 15.4 Å². The number of β-amino-alcohol motifs (C(OH)–C–C–N with tert-alkyl or cyclic N) is 1. The average Bonchev–Trinajstić information content (AvgIpc) is 1.69. The van der Waals surface area contributed by atoms with E-state index in [-0.39, 0.29) is 116 Å². The van der Waals surface area contributed by atoms with Gasteiger partial charge in [-0.25, -0.2) is 24.9 Å². The molecule has 0 aliphatic carbocycles. The van der Waals surface area contributed by atoms with Crippen LogP contribution in [0.4, 0.5) is 17.3 Å². The zero-order chi connectivity index (χ0) is 86.8. The zero-order valence-corrected chi connectivity index (χ0v) is 71.8. The molecule has 3 unspecified atom stereocenters. The van der Waals surface area contributed by atoms with Gasteiger partial charge in [-0.05, 0) is 125 Å². The molecule has 3 atom stereocenters. The van der Waals surface area contributed by atoms with E-state index in [1.54, 1.807) is 41.5 Å². The standard InChI is InChI=1S/C69H92N12O17.C19H24N2O2/c1-11-89-28-52-74-58-51(71-48-23-17-14-20-45(48)61(58)79(52)34-66(4,5)86)26-44(82)27-93-41-96-38-69(39-97-42-94-31-55(83)70-10,37-92-32-56(84)77-64-59-62(46-21-15-18-24-49(46)72-64)80(35-67(6,7)87)53(75-59)29-90-12-2)40-98-43-95-33-57(85)78-65-60-63(47-22-16-19-25-50(47)73-65)81(36-68(8,9)88)54(76-60)30-91-13-3;1-5-23-11-16-20-17-13(2)10-14-8-6-7-9-15(14)18(17)21(16)12-19(3,4)22/h14-25,58,61,86-88H,11-13,26-43H2,1-10H3,(H,70,83)(H,72,77,84)(H,73,78,85);6-10,22H,5,11-12H2,1-4H3. The second-order valence-electron chi connectivity index (χ2n) is 32.7. The molecule has 7 heterocycles.